The molecule has 0 aliphatic heterocycles. The molecule has 0 fully saturated rings. The van der Waals surface area contributed by atoms with E-state index in [2.05, 4.69) is 15.6 Å². The number of nitrogens with two attached hydrogens (primary N) is 2. The summed E-state index contributed by atoms with van der Waals surface area (Å²) in [5.74, 6) is 9.95. The zero-order valence-corrected chi connectivity index (χ0v) is 7.03. The van der Waals surface area contributed by atoms with Crippen molar-refractivity contribution in [3.05, 3.63) is 17.3 Å². The number of hydrazine groups is 2. The number of aromatic nitrogens is 2. The summed E-state index contributed by atoms with van der Waals surface area (Å²) in [7, 11) is 0. The predicted molar refractivity (Wildman–Crippen MR) is 46.2 cm³/mol. The van der Waals surface area contributed by atoms with E-state index in [0.717, 1.165) is 0 Å². The fourth-order valence-corrected chi connectivity index (χ4v) is 0.848. The number of aryl methyl sites for hydroxylation is 1. The first-order valence-corrected chi connectivity index (χ1v) is 3.51. The van der Waals surface area contributed by atoms with Crippen molar-refractivity contribution >= 4 is 11.7 Å². The Balaban J connectivity index is 3.05. The number of anilines is 1. The van der Waals surface area contributed by atoms with Crippen LogP contribution in [0.3, 0.4) is 0 Å². The van der Waals surface area contributed by atoms with Gasteiger partial charge in [-0.15, -0.1) is 10.2 Å². The highest BCUT2D eigenvalue weighted by molar-refractivity contribution is 5.93. The Hall–Kier alpha value is -1.73. The van der Waals surface area contributed by atoms with Gasteiger partial charge in [-0.25, -0.2) is 11.7 Å². The molecule has 1 rings (SSSR count). The largest absolute Gasteiger partial charge is 0.307 e. The molecule has 0 unspecified atom stereocenters. The molecule has 6 N–H and O–H groups in total. The van der Waals surface area contributed by atoms with Gasteiger partial charge in [0, 0.05) is 0 Å². The third-order valence-corrected chi connectivity index (χ3v) is 1.48. The van der Waals surface area contributed by atoms with Gasteiger partial charge in [-0.05, 0) is 18.6 Å². The van der Waals surface area contributed by atoms with Gasteiger partial charge in [0.25, 0.3) is 5.91 Å². The van der Waals surface area contributed by atoms with E-state index in [1.54, 1.807) is 13.0 Å². The summed E-state index contributed by atoms with van der Waals surface area (Å²) in [4.78, 5) is 11.0. The lowest BCUT2D eigenvalue weighted by Crippen LogP contribution is -2.31. The number of nitrogens with zero attached hydrogens (tertiary/aromatic N) is 2. The van der Waals surface area contributed by atoms with Crippen LogP contribution < -0.4 is 22.5 Å². The third kappa shape index (κ3) is 1.89. The van der Waals surface area contributed by atoms with Crippen molar-refractivity contribution in [1.82, 2.24) is 15.6 Å². The number of amides is 1. The Morgan fingerprint density at radius 2 is 2.15 bits per heavy atom. The Morgan fingerprint density at radius 3 is 2.62 bits per heavy atom. The van der Waals surface area contributed by atoms with Crippen LogP contribution in [0.5, 0.6) is 0 Å². The number of nitrogens with one attached hydrogen (secondary N) is 2. The lowest BCUT2D eigenvalue weighted by molar-refractivity contribution is 0.0947. The Morgan fingerprint density at radius 1 is 1.46 bits per heavy atom. The molecule has 1 amide bonds. The SMILES string of the molecule is Cc1cc(NN)nnc1C(=O)NN. The van der Waals surface area contributed by atoms with Crippen molar-refractivity contribution in [2.45, 2.75) is 6.92 Å². The smallest absolute Gasteiger partial charge is 0.285 e. The molecule has 13 heavy (non-hydrogen) atoms. The van der Waals surface area contributed by atoms with E-state index in [0.29, 0.717) is 11.4 Å². The Labute approximate surface area is 74.5 Å². The van der Waals surface area contributed by atoms with Crippen LogP contribution in [-0.4, -0.2) is 16.1 Å². The second-order valence-corrected chi connectivity index (χ2v) is 2.38. The van der Waals surface area contributed by atoms with Crippen molar-refractivity contribution in [2.24, 2.45) is 11.7 Å². The van der Waals surface area contributed by atoms with Gasteiger partial charge in [0.05, 0.1) is 0 Å². The average molecular weight is 182 g/mol. The van der Waals surface area contributed by atoms with E-state index in [9.17, 15) is 4.79 Å². The molecule has 0 aliphatic rings. The van der Waals surface area contributed by atoms with E-state index in [1.807, 2.05) is 5.43 Å². The summed E-state index contributed by atoms with van der Waals surface area (Å²) in [6.45, 7) is 1.71. The number of rotatable bonds is 2. The molecule has 0 bridgehead atoms. The van der Waals surface area contributed by atoms with Crippen LogP contribution in [0.4, 0.5) is 5.82 Å². The molecule has 0 saturated carbocycles. The standard InChI is InChI=1S/C6H10N6O/c1-3-2-4(9-7)11-12-5(3)6(13)10-8/h2H,7-8H2,1H3,(H,9,11)(H,10,13). The topological polar surface area (TPSA) is 119 Å². The maximum Gasteiger partial charge on any atom is 0.285 e. The van der Waals surface area contributed by atoms with Crippen LogP contribution in [0.1, 0.15) is 16.1 Å². The van der Waals surface area contributed by atoms with E-state index in [-0.39, 0.29) is 5.69 Å². The number of hydrogen-bond donors (Lipinski definition) is 4. The summed E-state index contributed by atoms with van der Waals surface area (Å²) in [6.07, 6.45) is 0. The van der Waals surface area contributed by atoms with Crippen molar-refractivity contribution in [2.75, 3.05) is 5.43 Å². The van der Waals surface area contributed by atoms with Crippen molar-refractivity contribution < 1.29 is 4.79 Å². The first-order chi connectivity index (χ1) is 6.19. The highest BCUT2D eigenvalue weighted by atomic mass is 16.2. The molecule has 0 saturated heterocycles. The molecule has 0 radical (unpaired) electrons. The summed E-state index contributed by atoms with van der Waals surface area (Å²) >= 11 is 0. The van der Waals surface area contributed by atoms with E-state index in [1.165, 1.54) is 0 Å². The normalized spacial score (nSPS) is 9.46. The average Bonchev–Trinajstić information content (AvgIpc) is 2.16. The lowest BCUT2D eigenvalue weighted by atomic mass is 10.2. The molecule has 7 nitrogen and oxygen atoms in total. The van der Waals surface area contributed by atoms with Gasteiger partial charge in [-0.1, -0.05) is 0 Å². The molecular formula is C6H10N6O. The predicted octanol–water partition coefficient (Wildman–Crippen LogP) is -1.33. The molecule has 1 heterocycles. The van der Waals surface area contributed by atoms with Gasteiger partial charge in [-0.3, -0.25) is 10.2 Å². The summed E-state index contributed by atoms with van der Waals surface area (Å²) in [5, 5.41) is 7.26. The summed E-state index contributed by atoms with van der Waals surface area (Å²) in [5.41, 5.74) is 5.11. The zero-order valence-electron chi connectivity index (χ0n) is 7.03. The molecule has 0 spiro atoms. The summed E-state index contributed by atoms with van der Waals surface area (Å²) < 4.78 is 0. The molecule has 0 aromatic carbocycles. The molecule has 1 aromatic heterocycles. The molecule has 0 aliphatic carbocycles. The van der Waals surface area contributed by atoms with Gasteiger partial charge in [0.15, 0.2) is 11.5 Å². The molecule has 70 valence electrons. The number of carbonyl (C=O) groups excluding carboxylic acids is 1. The minimum atomic E-state index is -0.478. The first kappa shape index (κ1) is 9.36. The number of carbonyl (C=O) groups is 1. The summed E-state index contributed by atoms with van der Waals surface area (Å²) in [6, 6.07) is 1.59. The highest BCUT2D eigenvalue weighted by Crippen LogP contribution is 2.07. The molecule has 0 atom stereocenters. The Bertz CT molecular complexity index is 325. The molecular weight excluding hydrogens is 172 g/mol. The van der Waals surface area contributed by atoms with Crippen molar-refractivity contribution in [3.8, 4) is 0 Å². The maximum absolute atomic E-state index is 11.0. The van der Waals surface area contributed by atoms with Crippen LogP contribution in [0.15, 0.2) is 6.07 Å². The van der Waals surface area contributed by atoms with Crippen LogP contribution in [0.2, 0.25) is 0 Å². The Kier molecular flexibility index (Phi) is 2.72. The van der Waals surface area contributed by atoms with Gasteiger partial charge in [0.1, 0.15) is 0 Å². The fourth-order valence-electron chi connectivity index (χ4n) is 0.848. The number of hydrogen-bond acceptors (Lipinski definition) is 6. The second kappa shape index (κ2) is 3.78. The minimum Gasteiger partial charge on any atom is -0.307 e. The lowest BCUT2D eigenvalue weighted by Gasteiger charge is -2.03. The zero-order chi connectivity index (χ0) is 9.84. The van der Waals surface area contributed by atoms with Gasteiger partial charge in [0.2, 0.25) is 0 Å². The van der Waals surface area contributed by atoms with Gasteiger partial charge in [-0.2, -0.15) is 0 Å². The van der Waals surface area contributed by atoms with Crippen molar-refractivity contribution in [1.29, 1.82) is 0 Å². The third-order valence-electron chi connectivity index (χ3n) is 1.48. The first-order valence-electron chi connectivity index (χ1n) is 3.51. The second-order valence-electron chi connectivity index (χ2n) is 2.38. The van der Waals surface area contributed by atoms with Gasteiger partial charge < -0.3 is 5.43 Å². The van der Waals surface area contributed by atoms with Crippen LogP contribution >= 0.6 is 0 Å². The van der Waals surface area contributed by atoms with Crippen LogP contribution in [0.25, 0.3) is 0 Å². The maximum atomic E-state index is 11.0. The van der Waals surface area contributed by atoms with E-state index >= 15 is 0 Å². The highest BCUT2D eigenvalue weighted by Gasteiger charge is 2.10. The van der Waals surface area contributed by atoms with Gasteiger partial charge >= 0.3 is 0 Å². The molecule has 7 heteroatoms. The number of nitrogen functional groups attached to an aromatic ring is 2. The fraction of sp³-hybridized carbons (Fsp3) is 0.167. The quantitative estimate of drug-likeness (QED) is 0.256. The minimum absolute atomic E-state index is 0.182. The molecule has 1 aromatic rings. The van der Waals surface area contributed by atoms with Crippen LogP contribution in [-0.2, 0) is 0 Å². The van der Waals surface area contributed by atoms with Crippen LogP contribution in [0, 0.1) is 6.92 Å². The van der Waals surface area contributed by atoms with E-state index in [4.69, 9.17) is 11.7 Å². The monoisotopic (exact) mass is 182 g/mol. The van der Waals surface area contributed by atoms with E-state index < -0.39 is 5.91 Å². The van der Waals surface area contributed by atoms with Crippen molar-refractivity contribution in [3.63, 3.8) is 0 Å².